The smallest absolute Gasteiger partial charge is 0.210 e. The fourth-order valence-corrected chi connectivity index (χ4v) is 5.04. The first kappa shape index (κ1) is 11.7. The van der Waals surface area contributed by atoms with E-state index < -0.39 is 9.04 Å². The number of methoxy groups -OCH3 is 1. The van der Waals surface area contributed by atoms with Crippen molar-refractivity contribution in [3.63, 3.8) is 0 Å². The van der Waals surface area contributed by atoms with Gasteiger partial charge in [-0.3, -0.25) is 0 Å². The van der Waals surface area contributed by atoms with Crippen LogP contribution in [0.5, 0.6) is 5.75 Å². The summed E-state index contributed by atoms with van der Waals surface area (Å²) < 4.78 is 5.33. The Labute approximate surface area is 99.0 Å². The maximum Gasteiger partial charge on any atom is 0.210 e. The monoisotopic (exact) mass is 236 g/mol. The van der Waals surface area contributed by atoms with Crippen molar-refractivity contribution >= 4 is 14.2 Å². The SMILES string of the molecule is COc1ccccc1[SiH](O)C1CCCCC1. The molecule has 1 atom stereocenters. The van der Waals surface area contributed by atoms with Crippen LogP contribution in [0.1, 0.15) is 32.1 Å². The normalized spacial score (nSPS) is 19.4. The van der Waals surface area contributed by atoms with Gasteiger partial charge in [0, 0.05) is 5.19 Å². The first-order valence-corrected chi connectivity index (χ1v) is 7.90. The first-order chi connectivity index (χ1) is 7.83. The minimum atomic E-state index is -1.82. The molecule has 0 radical (unpaired) electrons. The molecule has 16 heavy (non-hydrogen) atoms. The Bertz CT molecular complexity index is 334. The lowest BCUT2D eigenvalue weighted by atomic mass is 10.0. The van der Waals surface area contributed by atoms with Gasteiger partial charge in [0.25, 0.3) is 0 Å². The molecule has 2 nitrogen and oxygen atoms in total. The van der Waals surface area contributed by atoms with Crippen LogP contribution in [0, 0.1) is 0 Å². The Hall–Kier alpha value is -0.803. The Kier molecular flexibility index (Phi) is 4.02. The van der Waals surface area contributed by atoms with Gasteiger partial charge in [-0.25, -0.2) is 0 Å². The molecular weight excluding hydrogens is 216 g/mol. The Morgan fingerprint density at radius 2 is 1.88 bits per heavy atom. The van der Waals surface area contributed by atoms with E-state index >= 15 is 0 Å². The van der Waals surface area contributed by atoms with Crippen molar-refractivity contribution in [3.8, 4) is 5.75 Å². The van der Waals surface area contributed by atoms with Crippen LogP contribution in [0.25, 0.3) is 0 Å². The molecule has 1 aliphatic carbocycles. The Morgan fingerprint density at radius 3 is 2.56 bits per heavy atom. The van der Waals surface area contributed by atoms with E-state index in [4.69, 9.17) is 4.74 Å². The molecule has 1 aliphatic rings. The first-order valence-electron chi connectivity index (χ1n) is 6.14. The topological polar surface area (TPSA) is 29.5 Å². The summed E-state index contributed by atoms with van der Waals surface area (Å²) in [6.45, 7) is 0. The molecule has 0 amide bonds. The molecule has 0 aromatic heterocycles. The third kappa shape index (κ3) is 2.47. The zero-order valence-corrected chi connectivity index (χ0v) is 11.0. The van der Waals surface area contributed by atoms with Crippen LogP contribution in [-0.2, 0) is 0 Å². The highest BCUT2D eigenvalue weighted by Gasteiger charge is 2.27. The van der Waals surface area contributed by atoms with Gasteiger partial charge in [0.2, 0.25) is 9.04 Å². The third-order valence-electron chi connectivity index (χ3n) is 3.55. The van der Waals surface area contributed by atoms with Crippen molar-refractivity contribution in [3.05, 3.63) is 24.3 Å². The van der Waals surface area contributed by atoms with Crippen LogP contribution < -0.4 is 9.92 Å². The molecule has 2 rings (SSSR count). The van der Waals surface area contributed by atoms with Crippen molar-refractivity contribution < 1.29 is 9.53 Å². The molecular formula is C13H20O2Si. The van der Waals surface area contributed by atoms with Crippen LogP contribution in [0.2, 0.25) is 5.54 Å². The van der Waals surface area contributed by atoms with E-state index in [1.165, 1.54) is 32.1 Å². The highest BCUT2D eigenvalue weighted by Crippen LogP contribution is 2.31. The second-order valence-corrected chi connectivity index (χ2v) is 7.04. The van der Waals surface area contributed by atoms with Gasteiger partial charge in [0.05, 0.1) is 7.11 Å². The number of para-hydroxylation sites is 1. The summed E-state index contributed by atoms with van der Waals surface area (Å²) in [5.74, 6) is 0.868. The summed E-state index contributed by atoms with van der Waals surface area (Å²) in [7, 11) is -0.142. The van der Waals surface area contributed by atoms with E-state index in [2.05, 4.69) is 0 Å². The van der Waals surface area contributed by atoms with Crippen LogP contribution in [0.15, 0.2) is 24.3 Å². The molecule has 1 fully saturated rings. The summed E-state index contributed by atoms with van der Waals surface area (Å²) in [6.07, 6.45) is 6.30. The van der Waals surface area contributed by atoms with Crippen molar-refractivity contribution in [1.29, 1.82) is 0 Å². The predicted octanol–water partition coefficient (Wildman–Crippen LogP) is 1.95. The van der Waals surface area contributed by atoms with Gasteiger partial charge in [-0.05, 0) is 11.6 Å². The Balaban J connectivity index is 2.15. The van der Waals surface area contributed by atoms with E-state index in [0.717, 1.165) is 10.9 Å². The molecule has 3 heteroatoms. The highest BCUT2D eigenvalue weighted by molar-refractivity contribution is 6.68. The molecule has 1 saturated carbocycles. The van der Waals surface area contributed by atoms with Gasteiger partial charge in [-0.1, -0.05) is 50.3 Å². The minimum absolute atomic E-state index is 0.546. The minimum Gasteiger partial charge on any atom is -0.497 e. The zero-order chi connectivity index (χ0) is 11.4. The number of hydrogen-bond acceptors (Lipinski definition) is 2. The summed E-state index contributed by atoms with van der Waals surface area (Å²) in [5.41, 5.74) is 0.546. The summed E-state index contributed by atoms with van der Waals surface area (Å²) in [6, 6.07) is 7.94. The summed E-state index contributed by atoms with van der Waals surface area (Å²) in [4.78, 5) is 10.5. The van der Waals surface area contributed by atoms with Gasteiger partial charge >= 0.3 is 0 Å². The molecule has 0 aliphatic heterocycles. The van der Waals surface area contributed by atoms with E-state index in [0.29, 0.717) is 5.54 Å². The molecule has 0 heterocycles. The van der Waals surface area contributed by atoms with Crippen LogP contribution >= 0.6 is 0 Å². The number of hydrogen-bond donors (Lipinski definition) is 1. The van der Waals surface area contributed by atoms with E-state index in [-0.39, 0.29) is 0 Å². The van der Waals surface area contributed by atoms with Crippen LogP contribution in [0.4, 0.5) is 0 Å². The second-order valence-electron chi connectivity index (χ2n) is 4.58. The van der Waals surface area contributed by atoms with Gasteiger partial charge in [-0.2, -0.15) is 0 Å². The molecule has 1 aromatic rings. The highest BCUT2D eigenvalue weighted by atomic mass is 28.3. The zero-order valence-electron chi connectivity index (χ0n) is 9.86. The van der Waals surface area contributed by atoms with Gasteiger partial charge < -0.3 is 9.53 Å². The molecule has 1 unspecified atom stereocenters. The number of ether oxygens (including phenoxy) is 1. The average molecular weight is 236 g/mol. The van der Waals surface area contributed by atoms with Gasteiger partial charge in [-0.15, -0.1) is 0 Å². The van der Waals surface area contributed by atoms with Crippen LogP contribution in [-0.4, -0.2) is 20.9 Å². The fraction of sp³-hybridized carbons (Fsp3) is 0.538. The maximum atomic E-state index is 10.5. The average Bonchev–Trinajstić information content (AvgIpc) is 2.39. The van der Waals surface area contributed by atoms with Crippen molar-refractivity contribution in [2.45, 2.75) is 37.6 Å². The number of benzene rings is 1. The lowest BCUT2D eigenvalue weighted by Crippen LogP contribution is -2.37. The second kappa shape index (κ2) is 5.50. The molecule has 1 N–H and O–H groups in total. The molecule has 88 valence electrons. The Morgan fingerprint density at radius 1 is 1.19 bits per heavy atom. The fourth-order valence-electron chi connectivity index (χ4n) is 2.61. The maximum absolute atomic E-state index is 10.5. The molecule has 1 aromatic carbocycles. The lowest BCUT2D eigenvalue weighted by molar-refractivity contribution is 0.414. The summed E-state index contributed by atoms with van der Waals surface area (Å²) >= 11 is 0. The van der Waals surface area contributed by atoms with Crippen molar-refractivity contribution in [2.24, 2.45) is 0 Å². The van der Waals surface area contributed by atoms with E-state index in [9.17, 15) is 4.80 Å². The lowest BCUT2D eigenvalue weighted by Gasteiger charge is -2.26. The number of rotatable bonds is 3. The standard InChI is InChI=1S/C13H20O2Si/c1-15-12-9-5-6-10-13(12)16(14)11-7-3-2-4-8-11/h5-6,9-11,14,16H,2-4,7-8H2,1H3. The largest absolute Gasteiger partial charge is 0.497 e. The summed E-state index contributed by atoms with van der Waals surface area (Å²) in [5, 5.41) is 1.08. The van der Waals surface area contributed by atoms with E-state index in [1.807, 2.05) is 24.3 Å². The molecule has 0 saturated heterocycles. The molecule has 0 bridgehead atoms. The van der Waals surface area contributed by atoms with Crippen molar-refractivity contribution in [2.75, 3.05) is 7.11 Å². The van der Waals surface area contributed by atoms with Gasteiger partial charge in [0.1, 0.15) is 5.75 Å². The molecule has 0 spiro atoms. The third-order valence-corrected chi connectivity index (χ3v) is 6.23. The predicted molar refractivity (Wildman–Crippen MR) is 68.8 cm³/mol. The van der Waals surface area contributed by atoms with Gasteiger partial charge in [0.15, 0.2) is 0 Å². The van der Waals surface area contributed by atoms with E-state index in [1.54, 1.807) is 7.11 Å². The van der Waals surface area contributed by atoms with Crippen molar-refractivity contribution in [1.82, 2.24) is 0 Å². The quantitative estimate of drug-likeness (QED) is 0.813. The van der Waals surface area contributed by atoms with Crippen LogP contribution in [0.3, 0.4) is 0 Å².